The molecule has 7 heteroatoms. The second kappa shape index (κ2) is 11.7. The van der Waals surface area contributed by atoms with E-state index in [1.807, 2.05) is 10.8 Å². The van der Waals surface area contributed by atoms with Crippen molar-refractivity contribution in [3.05, 3.63) is 18.7 Å². The van der Waals surface area contributed by atoms with Gasteiger partial charge in [-0.2, -0.15) is 0 Å². The lowest BCUT2D eigenvalue weighted by Gasteiger charge is -2.28. The molecule has 0 aliphatic carbocycles. The third-order valence-corrected chi connectivity index (χ3v) is 4.12. The minimum Gasteiger partial charge on any atom is -0.356 e. The summed E-state index contributed by atoms with van der Waals surface area (Å²) in [6.07, 6.45) is 9.61. The topological polar surface area (TPSA) is 59.0 Å². The second-order valence-corrected chi connectivity index (χ2v) is 5.79. The third-order valence-electron chi connectivity index (χ3n) is 4.12. The van der Waals surface area contributed by atoms with Gasteiger partial charge in [0.2, 0.25) is 5.91 Å². The van der Waals surface area contributed by atoms with Gasteiger partial charge in [0.1, 0.15) is 0 Å². The molecular formula is C15H28Cl2N4O. The minimum absolute atomic E-state index is 0. The molecule has 0 spiro atoms. The van der Waals surface area contributed by atoms with Gasteiger partial charge in [-0.1, -0.05) is 6.92 Å². The van der Waals surface area contributed by atoms with Crippen LogP contribution in [-0.2, 0) is 11.3 Å². The van der Waals surface area contributed by atoms with Crippen LogP contribution in [0.25, 0.3) is 0 Å². The van der Waals surface area contributed by atoms with Crippen molar-refractivity contribution in [1.29, 1.82) is 0 Å². The number of nitrogens with zero attached hydrogens (tertiary/aromatic N) is 2. The van der Waals surface area contributed by atoms with Gasteiger partial charge in [0, 0.05) is 31.9 Å². The first-order chi connectivity index (χ1) is 9.75. The van der Waals surface area contributed by atoms with Crippen LogP contribution in [0.5, 0.6) is 0 Å². The van der Waals surface area contributed by atoms with Crippen molar-refractivity contribution in [1.82, 2.24) is 20.2 Å². The molecule has 1 aromatic rings. The molecule has 2 unspecified atom stereocenters. The standard InChI is InChI=1S/C15H26N4O.2ClH/c1-13(14-4-2-5-16-11-14)10-15(20)18-6-3-8-19-9-7-17-12-19;;/h7,9,12-14,16H,2-6,8,10-11H2,1H3,(H,18,20);2*1H. The Kier molecular flexibility index (Phi) is 11.3. The molecule has 128 valence electrons. The second-order valence-electron chi connectivity index (χ2n) is 5.79. The van der Waals surface area contributed by atoms with Crippen molar-refractivity contribution in [3.63, 3.8) is 0 Å². The van der Waals surface area contributed by atoms with Crippen LogP contribution < -0.4 is 10.6 Å². The van der Waals surface area contributed by atoms with Crippen LogP contribution in [0.15, 0.2) is 18.7 Å². The van der Waals surface area contributed by atoms with Crippen molar-refractivity contribution in [2.24, 2.45) is 11.8 Å². The van der Waals surface area contributed by atoms with E-state index in [-0.39, 0.29) is 30.7 Å². The highest BCUT2D eigenvalue weighted by Crippen LogP contribution is 2.22. The molecule has 0 radical (unpaired) electrons. The summed E-state index contributed by atoms with van der Waals surface area (Å²) in [4.78, 5) is 15.9. The molecule has 1 aliphatic rings. The maximum atomic E-state index is 11.9. The lowest BCUT2D eigenvalue weighted by atomic mass is 9.85. The van der Waals surface area contributed by atoms with Crippen LogP contribution in [0.3, 0.4) is 0 Å². The fourth-order valence-electron chi connectivity index (χ4n) is 2.80. The highest BCUT2D eigenvalue weighted by Gasteiger charge is 2.21. The first-order valence-corrected chi connectivity index (χ1v) is 7.69. The molecule has 0 saturated carbocycles. The van der Waals surface area contributed by atoms with E-state index in [4.69, 9.17) is 0 Å². The van der Waals surface area contributed by atoms with E-state index >= 15 is 0 Å². The zero-order chi connectivity index (χ0) is 14.2. The molecule has 22 heavy (non-hydrogen) atoms. The SMILES string of the molecule is CC(CC(=O)NCCCn1ccnc1)C1CCCNC1.Cl.Cl. The molecule has 0 bridgehead atoms. The summed E-state index contributed by atoms with van der Waals surface area (Å²) in [5.74, 6) is 1.31. The predicted molar refractivity (Wildman–Crippen MR) is 93.7 cm³/mol. The van der Waals surface area contributed by atoms with Gasteiger partial charge in [0.15, 0.2) is 0 Å². The van der Waals surface area contributed by atoms with Gasteiger partial charge in [-0.05, 0) is 44.2 Å². The molecule has 2 N–H and O–H groups in total. The van der Waals surface area contributed by atoms with Crippen LogP contribution in [-0.4, -0.2) is 35.1 Å². The highest BCUT2D eigenvalue weighted by atomic mass is 35.5. The number of halogens is 2. The molecule has 2 heterocycles. The van der Waals surface area contributed by atoms with Crippen molar-refractivity contribution >= 4 is 30.7 Å². The lowest BCUT2D eigenvalue weighted by Crippen LogP contribution is -2.35. The smallest absolute Gasteiger partial charge is 0.220 e. The Bertz CT molecular complexity index is 394. The van der Waals surface area contributed by atoms with Gasteiger partial charge >= 0.3 is 0 Å². The first-order valence-electron chi connectivity index (χ1n) is 7.69. The summed E-state index contributed by atoms with van der Waals surface area (Å²) in [6.45, 7) is 6.04. The predicted octanol–water partition coefficient (Wildman–Crippen LogP) is 2.26. The number of rotatable bonds is 7. The lowest BCUT2D eigenvalue weighted by molar-refractivity contribution is -0.122. The monoisotopic (exact) mass is 350 g/mol. The van der Waals surface area contributed by atoms with E-state index in [9.17, 15) is 4.79 Å². The van der Waals surface area contributed by atoms with E-state index in [0.29, 0.717) is 18.3 Å². The van der Waals surface area contributed by atoms with Crippen LogP contribution in [0.1, 0.15) is 32.6 Å². The van der Waals surface area contributed by atoms with E-state index in [0.717, 1.165) is 32.6 Å². The Balaban J connectivity index is 0.00000220. The number of amides is 1. The quantitative estimate of drug-likeness (QED) is 0.741. The molecule has 1 aliphatic heterocycles. The van der Waals surface area contributed by atoms with Gasteiger partial charge < -0.3 is 15.2 Å². The fraction of sp³-hybridized carbons (Fsp3) is 0.733. The van der Waals surface area contributed by atoms with E-state index < -0.39 is 0 Å². The zero-order valence-corrected chi connectivity index (χ0v) is 14.8. The summed E-state index contributed by atoms with van der Waals surface area (Å²) in [6, 6.07) is 0. The van der Waals surface area contributed by atoms with Gasteiger partial charge in [0.05, 0.1) is 6.33 Å². The number of piperidine rings is 1. The van der Waals surface area contributed by atoms with Gasteiger partial charge in [-0.15, -0.1) is 24.8 Å². The van der Waals surface area contributed by atoms with Crippen molar-refractivity contribution in [2.45, 2.75) is 39.2 Å². The van der Waals surface area contributed by atoms with Crippen molar-refractivity contribution in [3.8, 4) is 0 Å². The number of aromatic nitrogens is 2. The molecule has 1 fully saturated rings. The Morgan fingerprint density at radius 1 is 1.50 bits per heavy atom. The van der Waals surface area contributed by atoms with E-state index in [2.05, 4.69) is 22.5 Å². The summed E-state index contributed by atoms with van der Waals surface area (Å²) in [5.41, 5.74) is 0. The number of hydrogen-bond acceptors (Lipinski definition) is 3. The van der Waals surface area contributed by atoms with Crippen LogP contribution in [0.4, 0.5) is 0 Å². The average molecular weight is 351 g/mol. The summed E-state index contributed by atoms with van der Waals surface area (Å²) in [5, 5.41) is 6.44. The molecule has 2 rings (SSSR count). The number of nitrogens with one attached hydrogen (secondary N) is 2. The molecule has 5 nitrogen and oxygen atoms in total. The summed E-state index contributed by atoms with van der Waals surface area (Å²) in [7, 11) is 0. The van der Waals surface area contributed by atoms with Crippen LogP contribution >= 0.6 is 24.8 Å². The summed E-state index contributed by atoms with van der Waals surface area (Å²) < 4.78 is 2.03. The maximum absolute atomic E-state index is 11.9. The molecule has 1 amide bonds. The molecule has 1 aromatic heterocycles. The van der Waals surface area contributed by atoms with Gasteiger partial charge in [-0.25, -0.2) is 4.98 Å². The molecule has 2 atom stereocenters. The Labute approximate surface area is 145 Å². The molecule has 0 aromatic carbocycles. The van der Waals surface area contributed by atoms with Crippen LogP contribution in [0, 0.1) is 11.8 Å². The normalized spacial score (nSPS) is 18.7. The first kappa shape index (κ1) is 21.2. The van der Waals surface area contributed by atoms with Crippen LogP contribution in [0.2, 0.25) is 0 Å². The molecule has 1 saturated heterocycles. The largest absolute Gasteiger partial charge is 0.356 e. The Morgan fingerprint density at radius 3 is 2.95 bits per heavy atom. The maximum Gasteiger partial charge on any atom is 0.220 e. The minimum atomic E-state index is 0. The molecular weight excluding hydrogens is 323 g/mol. The number of carbonyl (C=O) groups excluding carboxylic acids is 1. The number of imidazole rings is 1. The van der Waals surface area contributed by atoms with Gasteiger partial charge in [0.25, 0.3) is 0 Å². The highest BCUT2D eigenvalue weighted by molar-refractivity contribution is 5.85. The summed E-state index contributed by atoms with van der Waals surface area (Å²) >= 11 is 0. The fourth-order valence-corrected chi connectivity index (χ4v) is 2.80. The van der Waals surface area contributed by atoms with E-state index in [1.165, 1.54) is 12.8 Å². The number of carbonyl (C=O) groups is 1. The number of hydrogen-bond donors (Lipinski definition) is 2. The zero-order valence-electron chi connectivity index (χ0n) is 13.2. The third kappa shape index (κ3) is 7.47. The van der Waals surface area contributed by atoms with Crippen molar-refractivity contribution < 1.29 is 4.79 Å². The van der Waals surface area contributed by atoms with E-state index in [1.54, 1.807) is 12.5 Å². The Hall–Kier alpha value is -0.780. The van der Waals surface area contributed by atoms with Crippen molar-refractivity contribution in [2.75, 3.05) is 19.6 Å². The Morgan fingerprint density at radius 2 is 2.32 bits per heavy atom. The van der Waals surface area contributed by atoms with Gasteiger partial charge in [-0.3, -0.25) is 4.79 Å². The average Bonchev–Trinajstić information content (AvgIpc) is 2.98. The number of aryl methyl sites for hydroxylation is 1.